The highest BCUT2D eigenvalue weighted by Crippen LogP contribution is 2.37. The van der Waals surface area contributed by atoms with Crippen molar-refractivity contribution in [3.63, 3.8) is 0 Å². The molecular formula is C17H20FN3OS. The third-order valence-corrected chi connectivity index (χ3v) is 5.01. The molecule has 1 aromatic carbocycles. The Morgan fingerprint density at radius 2 is 2.22 bits per heavy atom. The van der Waals surface area contributed by atoms with Crippen LogP contribution in [0.4, 0.5) is 9.52 Å². The average molecular weight is 333 g/mol. The highest BCUT2D eigenvalue weighted by Gasteiger charge is 2.20. The first-order valence-electron chi connectivity index (χ1n) is 7.96. The lowest BCUT2D eigenvalue weighted by atomic mass is 10.0. The van der Waals surface area contributed by atoms with Crippen molar-refractivity contribution in [1.29, 1.82) is 0 Å². The number of nitrogens with zero attached hydrogens (tertiary/aromatic N) is 1. The number of unbranched alkanes of at least 4 members (excludes halogenated alkanes) is 1. The van der Waals surface area contributed by atoms with Crippen LogP contribution < -0.4 is 11.1 Å². The van der Waals surface area contributed by atoms with Gasteiger partial charge in [0.25, 0.3) is 0 Å². The molecule has 0 radical (unpaired) electrons. The first kappa shape index (κ1) is 16.1. The van der Waals surface area contributed by atoms with Crippen molar-refractivity contribution in [3.8, 4) is 11.3 Å². The Kier molecular flexibility index (Phi) is 5.03. The summed E-state index contributed by atoms with van der Waals surface area (Å²) in [6.45, 7) is 0.598. The van der Waals surface area contributed by atoms with Gasteiger partial charge in [-0.3, -0.25) is 4.79 Å². The SMILES string of the molecule is NCCCCC(=O)Nc1nc2c(s1)CCCc1ccc(F)cc1-2. The van der Waals surface area contributed by atoms with Crippen LogP contribution >= 0.6 is 11.3 Å². The summed E-state index contributed by atoms with van der Waals surface area (Å²) in [6.07, 6.45) is 4.92. The van der Waals surface area contributed by atoms with Crippen LogP contribution in [0.2, 0.25) is 0 Å². The summed E-state index contributed by atoms with van der Waals surface area (Å²) in [4.78, 5) is 17.6. The number of amides is 1. The molecule has 0 unspecified atom stereocenters. The van der Waals surface area contributed by atoms with Crippen LogP contribution in [-0.2, 0) is 17.6 Å². The number of fused-ring (bicyclic) bond motifs is 3. The molecule has 0 atom stereocenters. The molecule has 6 heteroatoms. The summed E-state index contributed by atoms with van der Waals surface area (Å²) < 4.78 is 13.6. The fourth-order valence-corrected chi connectivity index (χ4v) is 3.86. The number of carbonyl (C=O) groups is 1. The highest BCUT2D eigenvalue weighted by atomic mass is 32.1. The molecular weight excluding hydrogens is 313 g/mol. The van der Waals surface area contributed by atoms with Gasteiger partial charge in [0, 0.05) is 16.9 Å². The number of aromatic nitrogens is 1. The van der Waals surface area contributed by atoms with Crippen LogP contribution in [0.15, 0.2) is 18.2 Å². The zero-order chi connectivity index (χ0) is 16.2. The Morgan fingerprint density at radius 1 is 1.35 bits per heavy atom. The second-order valence-corrected chi connectivity index (χ2v) is 6.82. The molecule has 1 aromatic heterocycles. The van der Waals surface area contributed by atoms with E-state index in [-0.39, 0.29) is 11.7 Å². The maximum atomic E-state index is 13.6. The molecule has 0 fully saturated rings. The summed E-state index contributed by atoms with van der Waals surface area (Å²) in [7, 11) is 0. The smallest absolute Gasteiger partial charge is 0.226 e. The van der Waals surface area contributed by atoms with Crippen molar-refractivity contribution in [2.75, 3.05) is 11.9 Å². The molecule has 0 aliphatic heterocycles. The number of aryl methyl sites for hydroxylation is 2. The summed E-state index contributed by atoms with van der Waals surface area (Å²) >= 11 is 1.50. The Morgan fingerprint density at radius 3 is 3.04 bits per heavy atom. The molecule has 4 nitrogen and oxygen atoms in total. The molecule has 0 saturated carbocycles. The number of halogens is 1. The molecule has 3 rings (SSSR count). The molecule has 1 heterocycles. The minimum absolute atomic E-state index is 0.0400. The van der Waals surface area contributed by atoms with Crippen LogP contribution in [0.3, 0.4) is 0 Å². The summed E-state index contributed by atoms with van der Waals surface area (Å²) in [5, 5.41) is 3.46. The molecule has 0 saturated heterocycles. The first-order chi connectivity index (χ1) is 11.2. The van der Waals surface area contributed by atoms with Crippen molar-refractivity contribution in [1.82, 2.24) is 4.98 Å². The van der Waals surface area contributed by atoms with Gasteiger partial charge in [0.05, 0.1) is 5.69 Å². The van der Waals surface area contributed by atoms with Gasteiger partial charge >= 0.3 is 0 Å². The number of nitrogens with two attached hydrogens (primary N) is 1. The van der Waals surface area contributed by atoms with E-state index in [1.165, 1.54) is 17.4 Å². The summed E-state index contributed by atoms with van der Waals surface area (Å²) in [5.74, 6) is -0.293. The van der Waals surface area contributed by atoms with E-state index in [0.717, 1.165) is 53.8 Å². The first-order valence-corrected chi connectivity index (χ1v) is 8.77. The molecule has 3 N–H and O–H groups in total. The Balaban J connectivity index is 1.81. The largest absolute Gasteiger partial charge is 0.330 e. The summed E-state index contributed by atoms with van der Waals surface area (Å²) in [5.41, 5.74) is 8.23. The molecule has 0 bridgehead atoms. The Labute approximate surface area is 138 Å². The monoisotopic (exact) mass is 333 g/mol. The van der Waals surface area contributed by atoms with Gasteiger partial charge in [-0.2, -0.15) is 0 Å². The number of carbonyl (C=O) groups excluding carboxylic acids is 1. The van der Waals surface area contributed by atoms with Crippen LogP contribution in [0.25, 0.3) is 11.3 Å². The quantitative estimate of drug-likeness (QED) is 0.823. The lowest BCUT2D eigenvalue weighted by Gasteiger charge is -2.05. The second-order valence-electron chi connectivity index (χ2n) is 5.74. The molecule has 23 heavy (non-hydrogen) atoms. The Hall–Kier alpha value is -1.79. The fourth-order valence-electron chi connectivity index (χ4n) is 2.82. The number of rotatable bonds is 5. The highest BCUT2D eigenvalue weighted by molar-refractivity contribution is 7.16. The van der Waals surface area contributed by atoms with E-state index in [1.807, 2.05) is 6.07 Å². The van der Waals surface area contributed by atoms with E-state index < -0.39 is 0 Å². The number of thiazole rings is 1. The minimum Gasteiger partial charge on any atom is -0.330 e. The van der Waals surface area contributed by atoms with E-state index in [1.54, 1.807) is 6.07 Å². The third kappa shape index (κ3) is 3.76. The molecule has 2 aromatic rings. The van der Waals surface area contributed by atoms with E-state index in [4.69, 9.17) is 5.73 Å². The second kappa shape index (κ2) is 7.19. The van der Waals surface area contributed by atoms with Crippen LogP contribution in [-0.4, -0.2) is 17.4 Å². The van der Waals surface area contributed by atoms with Crippen LogP contribution in [0.1, 0.15) is 36.1 Å². The van der Waals surface area contributed by atoms with Crippen molar-refractivity contribution in [2.45, 2.75) is 38.5 Å². The van der Waals surface area contributed by atoms with E-state index in [2.05, 4.69) is 10.3 Å². The van der Waals surface area contributed by atoms with Gasteiger partial charge in [0.2, 0.25) is 5.91 Å². The molecule has 1 amide bonds. The number of hydrogen-bond acceptors (Lipinski definition) is 4. The standard InChI is InChI=1S/C17H20FN3OS/c18-12-8-7-11-4-3-5-14-16(13(11)10-12)21-17(23-14)20-15(22)6-1-2-9-19/h7-8,10H,1-6,9,19H2,(H,20,21,22). The number of benzene rings is 1. The van der Waals surface area contributed by atoms with E-state index in [9.17, 15) is 9.18 Å². The topological polar surface area (TPSA) is 68.0 Å². The van der Waals surface area contributed by atoms with Gasteiger partial charge in [-0.15, -0.1) is 11.3 Å². The van der Waals surface area contributed by atoms with E-state index in [0.29, 0.717) is 18.1 Å². The van der Waals surface area contributed by atoms with Crippen LogP contribution in [0, 0.1) is 5.82 Å². The zero-order valence-corrected chi connectivity index (χ0v) is 13.7. The molecule has 0 spiro atoms. The minimum atomic E-state index is -0.253. The van der Waals surface area contributed by atoms with Gasteiger partial charge in [0.15, 0.2) is 5.13 Å². The van der Waals surface area contributed by atoms with Gasteiger partial charge < -0.3 is 11.1 Å². The van der Waals surface area contributed by atoms with Gasteiger partial charge in [0.1, 0.15) is 5.82 Å². The third-order valence-electron chi connectivity index (χ3n) is 3.98. The zero-order valence-electron chi connectivity index (χ0n) is 12.9. The predicted molar refractivity (Wildman–Crippen MR) is 91.1 cm³/mol. The lowest BCUT2D eigenvalue weighted by Crippen LogP contribution is -2.11. The van der Waals surface area contributed by atoms with Crippen LogP contribution in [0.5, 0.6) is 0 Å². The normalized spacial score (nSPS) is 13.1. The predicted octanol–water partition coefficient (Wildman–Crippen LogP) is 3.51. The molecule has 1 aliphatic carbocycles. The number of anilines is 1. The van der Waals surface area contributed by atoms with Gasteiger partial charge in [-0.25, -0.2) is 9.37 Å². The fraction of sp³-hybridized carbons (Fsp3) is 0.412. The number of nitrogens with one attached hydrogen (secondary N) is 1. The van der Waals surface area contributed by atoms with Gasteiger partial charge in [-0.05, 0) is 56.3 Å². The van der Waals surface area contributed by atoms with Crippen molar-refractivity contribution in [3.05, 3.63) is 34.5 Å². The number of hydrogen-bond donors (Lipinski definition) is 2. The van der Waals surface area contributed by atoms with Crippen molar-refractivity contribution < 1.29 is 9.18 Å². The van der Waals surface area contributed by atoms with Crippen molar-refractivity contribution >= 4 is 22.4 Å². The Bertz CT molecular complexity index is 714. The summed E-state index contributed by atoms with van der Waals surface area (Å²) in [6, 6.07) is 4.88. The average Bonchev–Trinajstić information content (AvgIpc) is 2.84. The lowest BCUT2D eigenvalue weighted by molar-refractivity contribution is -0.116. The maximum absolute atomic E-state index is 13.6. The maximum Gasteiger partial charge on any atom is 0.226 e. The molecule has 122 valence electrons. The van der Waals surface area contributed by atoms with Gasteiger partial charge in [-0.1, -0.05) is 6.07 Å². The molecule has 1 aliphatic rings. The van der Waals surface area contributed by atoms with Crippen molar-refractivity contribution in [2.24, 2.45) is 5.73 Å². The van der Waals surface area contributed by atoms with E-state index >= 15 is 0 Å².